The minimum Gasteiger partial charge on any atom is -1.00 e. The zero-order chi connectivity index (χ0) is 4.50. The van der Waals surface area contributed by atoms with Crippen molar-refractivity contribution < 1.29 is 13.9 Å². The highest BCUT2D eigenvalue weighted by molar-refractivity contribution is 3.73. The molecule has 0 aliphatic rings. The third kappa shape index (κ3) is 938. The van der Waals surface area contributed by atoms with E-state index in [1.807, 2.05) is 0 Å². The topological polar surface area (TPSA) is 0 Å². The first kappa shape index (κ1) is 9.27. The van der Waals surface area contributed by atoms with Crippen LogP contribution in [0.1, 0.15) is 0 Å². The SMILES string of the molecule is C[N+](C)(C)F.[F-]. The maximum atomic E-state index is 11.6. The van der Waals surface area contributed by atoms with Crippen LogP contribution in [0.5, 0.6) is 0 Å². The van der Waals surface area contributed by atoms with Gasteiger partial charge in [-0.25, -0.2) is 0 Å². The molecule has 0 fully saturated rings. The average Bonchev–Trinajstić information content (AvgIpc) is 0.722. The van der Waals surface area contributed by atoms with Crippen LogP contribution in [0.3, 0.4) is 0 Å². The van der Waals surface area contributed by atoms with Gasteiger partial charge < -0.3 is 4.70 Å². The Labute approximate surface area is 36.3 Å². The summed E-state index contributed by atoms with van der Waals surface area (Å²) in [5.41, 5.74) is 0. The van der Waals surface area contributed by atoms with Gasteiger partial charge in [-0.3, -0.25) is 0 Å². The van der Waals surface area contributed by atoms with Gasteiger partial charge in [0.25, 0.3) is 0 Å². The lowest BCUT2D eigenvalue weighted by molar-refractivity contribution is -1.01. The molecule has 3 heteroatoms. The van der Waals surface area contributed by atoms with Gasteiger partial charge in [-0.05, 0) is 4.48 Å². The second kappa shape index (κ2) is 2.08. The van der Waals surface area contributed by atoms with E-state index >= 15 is 0 Å². The van der Waals surface area contributed by atoms with Crippen molar-refractivity contribution in [1.82, 2.24) is 0 Å². The Hall–Kier alpha value is -0.180. The second-order valence-electron chi connectivity index (χ2n) is 1.85. The molecule has 0 aromatic rings. The molecular weight excluding hydrogens is 88.0 g/mol. The van der Waals surface area contributed by atoms with Crippen LogP contribution in [-0.2, 0) is 0 Å². The Morgan fingerprint density at radius 3 is 1.17 bits per heavy atom. The van der Waals surface area contributed by atoms with E-state index in [0.717, 1.165) is 0 Å². The standard InChI is InChI=1S/C3H9FN.FH/c1-5(2,3)4;/h1-3H3;1H/q+1;/p-1. The fraction of sp³-hybridized carbons (Fsp3) is 1.00. The second-order valence-corrected chi connectivity index (χ2v) is 1.85. The van der Waals surface area contributed by atoms with Gasteiger partial charge in [-0.2, -0.15) is 0 Å². The quantitative estimate of drug-likeness (QED) is 0.295. The predicted molar refractivity (Wildman–Crippen MR) is 19.1 cm³/mol. The molecule has 0 N–H and O–H groups in total. The van der Waals surface area contributed by atoms with Crippen molar-refractivity contribution in [2.24, 2.45) is 0 Å². The minimum atomic E-state index is -0.500. The van der Waals surface area contributed by atoms with E-state index in [1.165, 1.54) is 21.1 Å². The molecule has 0 unspecified atom stereocenters. The fourth-order valence-electron chi connectivity index (χ4n) is 0. The highest BCUT2D eigenvalue weighted by Gasteiger charge is 1.97. The molecule has 0 spiro atoms. The van der Waals surface area contributed by atoms with Gasteiger partial charge in [0, 0.05) is 0 Å². The molecule has 0 atom stereocenters. The van der Waals surface area contributed by atoms with Gasteiger partial charge in [-0.1, -0.05) is 0 Å². The molecule has 40 valence electrons. The van der Waals surface area contributed by atoms with Crippen molar-refractivity contribution in [1.29, 1.82) is 0 Å². The summed E-state index contributed by atoms with van der Waals surface area (Å²) in [6.07, 6.45) is 0. The van der Waals surface area contributed by atoms with Crippen LogP contribution >= 0.6 is 0 Å². The van der Waals surface area contributed by atoms with Gasteiger partial charge in [0.2, 0.25) is 0 Å². The van der Waals surface area contributed by atoms with E-state index in [0.29, 0.717) is 0 Å². The molecule has 0 aliphatic heterocycles. The van der Waals surface area contributed by atoms with Gasteiger partial charge in [-0.15, -0.1) is 4.71 Å². The maximum absolute atomic E-state index is 11.6. The molecule has 1 nitrogen and oxygen atoms in total. The molecule has 6 heavy (non-hydrogen) atoms. The van der Waals surface area contributed by atoms with Crippen LogP contribution in [0.25, 0.3) is 0 Å². The first-order chi connectivity index (χ1) is 2.00. The van der Waals surface area contributed by atoms with Crippen molar-refractivity contribution in [2.45, 2.75) is 0 Å². The van der Waals surface area contributed by atoms with E-state index in [4.69, 9.17) is 0 Å². The van der Waals surface area contributed by atoms with E-state index < -0.39 is 4.71 Å². The molecule has 0 bridgehead atoms. The molecule has 0 rings (SSSR count). The van der Waals surface area contributed by atoms with E-state index in [9.17, 15) is 4.48 Å². The lowest BCUT2D eigenvalue weighted by Gasteiger charge is -2.03. The summed E-state index contributed by atoms with van der Waals surface area (Å²) in [7, 11) is 4.38. The normalized spacial score (nSPS) is 10.0. The van der Waals surface area contributed by atoms with Crippen molar-refractivity contribution in [3.63, 3.8) is 0 Å². The highest BCUT2D eigenvalue weighted by atomic mass is 19.2. The summed E-state index contributed by atoms with van der Waals surface area (Å²) < 4.78 is 11.1. The monoisotopic (exact) mass is 97.1 g/mol. The van der Waals surface area contributed by atoms with Crippen LogP contribution in [0.4, 0.5) is 4.48 Å². The van der Waals surface area contributed by atoms with Gasteiger partial charge in [0.1, 0.15) is 21.1 Å². The molecule has 0 aliphatic carbocycles. The summed E-state index contributed by atoms with van der Waals surface area (Å²) >= 11 is 0. The lowest BCUT2D eigenvalue weighted by Crippen LogP contribution is -3.00. The maximum Gasteiger partial charge on any atom is 0.104 e. The van der Waals surface area contributed by atoms with Crippen LogP contribution < -0.4 is 4.70 Å². The number of hydrogen-bond donors (Lipinski definition) is 0. The molecule has 0 saturated carbocycles. The van der Waals surface area contributed by atoms with Crippen LogP contribution in [0.15, 0.2) is 0 Å². The number of hydrogen-bond acceptors (Lipinski definition) is 0. The predicted octanol–water partition coefficient (Wildman–Crippen LogP) is -2.42. The Morgan fingerprint density at radius 2 is 1.17 bits per heavy atom. The molecule has 0 heterocycles. The first-order valence-electron chi connectivity index (χ1n) is 1.51. The molecule has 0 aromatic carbocycles. The molecule has 0 saturated heterocycles. The number of halogens is 2. The molecule has 0 aromatic heterocycles. The van der Waals surface area contributed by atoms with E-state index in [-0.39, 0.29) is 4.70 Å². The largest absolute Gasteiger partial charge is 1.00 e. The van der Waals surface area contributed by atoms with Crippen LogP contribution in [-0.4, -0.2) is 25.8 Å². The number of quaternary nitrogens is 1. The summed E-state index contributed by atoms with van der Waals surface area (Å²) in [4.78, 5) is 0. The van der Waals surface area contributed by atoms with Gasteiger partial charge >= 0.3 is 0 Å². The lowest BCUT2D eigenvalue weighted by atomic mass is 11.0. The van der Waals surface area contributed by atoms with Gasteiger partial charge in [0.05, 0.1) is 0 Å². The molecule has 0 amide bonds. The Bertz CT molecular complexity index is 24.3. The number of rotatable bonds is 0. The van der Waals surface area contributed by atoms with Crippen molar-refractivity contribution >= 4 is 0 Å². The zero-order valence-electron chi connectivity index (χ0n) is 4.20. The summed E-state index contributed by atoms with van der Waals surface area (Å²) in [5, 5.41) is 0. The van der Waals surface area contributed by atoms with Crippen molar-refractivity contribution in [2.75, 3.05) is 21.1 Å². The Kier molecular flexibility index (Phi) is 3.21. The van der Waals surface area contributed by atoms with E-state index in [2.05, 4.69) is 0 Å². The third-order valence-electron chi connectivity index (χ3n) is 0. The van der Waals surface area contributed by atoms with Gasteiger partial charge in [0.15, 0.2) is 0 Å². The van der Waals surface area contributed by atoms with E-state index in [1.54, 1.807) is 0 Å². The Balaban J connectivity index is 0. The smallest absolute Gasteiger partial charge is 0.104 e. The van der Waals surface area contributed by atoms with Crippen molar-refractivity contribution in [3.8, 4) is 0 Å². The molecular formula is C3H9F2N. The minimum absolute atomic E-state index is 0. The summed E-state index contributed by atoms with van der Waals surface area (Å²) in [5.74, 6) is 0. The first-order valence-corrected chi connectivity index (χ1v) is 1.51. The summed E-state index contributed by atoms with van der Waals surface area (Å²) in [6, 6.07) is 0. The van der Waals surface area contributed by atoms with Crippen molar-refractivity contribution in [3.05, 3.63) is 0 Å². The molecule has 0 radical (unpaired) electrons. The number of nitrogens with zero attached hydrogens (tertiary/aromatic N) is 1. The van der Waals surface area contributed by atoms with Crippen LogP contribution in [0.2, 0.25) is 0 Å². The Morgan fingerprint density at radius 1 is 1.17 bits per heavy atom. The third-order valence-corrected chi connectivity index (χ3v) is 0. The average molecular weight is 97.1 g/mol. The zero-order valence-corrected chi connectivity index (χ0v) is 4.20. The highest BCUT2D eigenvalue weighted by Crippen LogP contribution is 1.84. The summed E-state index contributed by atoms with van der Waals surface area (Å²) in [6.45, 7) is 0. The van der Waals surface area contributed by atoms with Crippen LogP contribution in [0, 0.1) is 0 Å². The fourth-order valence-corrected chi connectivity index (χ4v) is 0.